The summed E-state index contributed by atoms with van der Waals surface area (Å²) < 4.78 is 17.3. The first-order valence-corrected chi connectivity index (χ1v) is 2.94. The second kappa shape index (κ2) is 2.04. The number of Topliss-reactive ketones (excluding diaryl/α,β-unsaturated/α-hetero) is 1. The highest BCUT2D eigenvalue weighted by atomic mass is 19.1. The highest BCUT2D eigenvalue weighted by Gasteiger charge is 2.49. The molecule has 0 unspecified atom stereocenters. The van der Waals surface area contributed by atoms with Crippen LogP contribution in [0.2, 0.25) is 0 Å². The molecule has 0 aromatic rings. The molecule has 1 fully saturated rings. The Kier molecular flexibility index (Phi) is 1.46. The van der Waals surface area contributed by atoms with E-state index in [9.17, 15) is 14.0 Å². The molecule has 0 aromatic heterocycles. The van der Waals surface area contributed by atoms with Gasteiger partial charge in [-0.15, -0.1) is 0 Å². The van der Waals surface area contributed by atoms with Crippen molar-refractivity contribution in [2.45, 2.75) is 19.0 Å². The van der Waals surface area contributed by atoms with Gasteiger partial charge in [0.1, 0.15) is 0 Å². The number of cyclic esters (lactones) is 1. The van der Waals surface area contributed by atoms with Crippen molar-refractivity contribution < 1.29 is 18.7 Å². The average Bonchev–Trinajstić information content (AvgIpc) is 2.15. The minimum absolute atomic E-state index is 0.00884. The fourth-order valence-corrected chi connectivity index (χ4v) is 0.821. The van der Waals surface area contributed by atoms with Crippen LogP contribution < -0.4 is 0 Å². The van der Waals surface area contributed by atoms with Gasteiger partial charge >= 0.3 is 5.97 Å². The number of alkyl halides is 1. The van der Waals surface area contributed by atoms with Gasteiger partial charge in [0, 0.05) is 6.42 Å². The lowest BCUT2D eigenvalue weighted by Gasteiger charge is -2.07. The van der Waals surface area contributed by atoms with E-state index in [1.54, 1.807) is 0 Å². The topological polar surface area (TPSA) is 43.4 Å². The first kappa shape index (κ1) is 7.18. The summed E-state index contributed by atoms with van der Waals surface area (Å²) in [6.45, 7) is 1.06. The summed E-state index contributed by atoms with van der Waals surface area (Å²) in [5.74, 6) is -1.81. The second-order valence-corrected chi connectivity index (χ2v) is 2.24. The molecule has 0 saturated carbocycles. The summed E-state index contributed by atoms with van der Waals surface area (Å²) in [6.07, 6.45) is -0.138. The van der Waals surface area contributed by atoms with Crippen LogP contribution >= 0.6 is 0 Å². The monoisotopic (exact) mass is 146 g/mol. The maximum Gasteiger partial charge on any atom is 0.351 e. The molecule has 4 heteroatoms. The molecule has 10 heavy (non-hydrogen) atoms. The van der Waals surface area contributed by atoms with Gasteiger partial charge < -0.3 is 4.74 Å². The zero-order valence-electron chi connectivity index (χ0n) is 5.52. The van der Waals surface area contributed by atoms with E-state index < -0.39 is 17.4 Å². The van der Waals surface area contributed by atoms with E-state index in [-0.39, 0.29) is 13.0 Å². The minimum Gasteiger partial charge on any atom is -0.463 e. The fourth-order valence-electron chi connectivity index (χ4n) is 0.821. The number of halogens is 1. The van der Waals surface area contributed by atoms with Crippen molar-refractivity contribution in [1.29, 1.82) is 0 Å². The fraction of sp³-hybridized carbons (Fsp3) is 0.667. The third-order valence-corrected chi connectivity index (χ3v) is 1.56. The predicted molar refractivity (Wildman–Crippen MR) is 30.1 cm³/mol. The predicted octanol–water partition coefficient (Wildman–Crippen LogP) is 0.231. The average molecular weight is 146 g/mol. The molecule has 0 aromatic carbocycles. The van der Waals surface area contributed by atoms with E-state index in [4.69, 9.17) is 0 Å². The quantitative estimate of drug-likeness (QED) is 0.393. The van der Waals surface area contributed by atoms with E-state index >= 15 is 0 Å². The smallest absolute Gasteiger partial charge is 0.351 e. The maximum atomic E-state index is 13.0. The zero-order valence-corrected chi connectivity index (χ0v) is 5.52. The molecule has 1 rings (SSSR count). The number of rotatable bonds is 1. The van der Waals surface area contributed by atoms with E-state index in [0.29, 0.717) is 0 Å². The summed E-state index contributed by atoms with van der Waals surface area (Å²) >= 11 is 0. The molecule has 0 radical (unpaired) electrons. The first-order valence-electron chi connectivity index (χ1n) is 2.94. The molecule has 0 bridgehead atoms. The van der Waals surface area contributed by atoms with Gasteiger partial charge in [-0.2, -0.15) is 0 Å². The van der Waals surface area contributed by atoms with Crippen molar-refractivity contribution in [1.82, 2.24) is 0 Å². The lowest BCUT2D eigenvalue weighted by molar-refractivity contribution is -0.152. The highest BCUT2D eigenvalue weighted by Crippen LogP contribution is 2.25. The maximum absolute atomic E-state index is 13.0. The number of hydrogen-bond acceptors (Lipinski definition) is 3. The molecule has 0 spiro atoms. The van der Waals surface area contributed by atoms with Crippen LogP contribution in [-0.2, 0) is 14.3 Å². The molecule has 1 aliphatic rings. The van der Waals surface area contributed by atoms with E-state index in [1.807, 2.05) is 0 Å². The third kappa shape index (κ3) is 0.798. The number of ether oxygens (including phenoxy) is 1. The molecule has 0 aliphatic carbocycles. The van der Waals surface area contributed by atoms with Crippen LogP contribution in [0, 0.1) is 0 Å². The van der Waals surface area contributed by atoms with Gasteiger partial charge in [0.05, 0.1) is 6.61 Å². The van der Waals surface area contributed by atoms with Crippen LogP contribution in [0.4, 0.5) is 4.39 Å². The Morgan fingerprint density at radius 2 is 2.40 bits per heavy atom. The summed E-state index contributed by atoms with van der Waals surface area (Å²) in [6, 6.07) is 0. The first-order chi connectivity index (χ1) is 4.57. The summed E-state index contributed by atoms with van der Waals surface area (Å²) in [7, 11) is 0. The number of ketones is 1. The lowest BCUT2D eigenvalue weighted by Crippen LogP contribution is -2.36. The number of carbonyl (C=O) groups excluding carboxylic acids is 2. The van der Waals surface area contributed by atoms with Crippen molar-refractivity contribution >= 4 is 11.8 Å². The zero-order chi connectivity index (χ0) is 7.78. The number of carbonyl (C=O) groups is 2. The Balaban J connectivity index is 2.86. The van der Waals surface area contributed by atoms with Crippen LogP contribution in [0.1, 0.15) is 13.3 Å². The van der Waals surface area contributed by atoms with Crippen LogP contribution in [-0.4, -0.2) is 24.0 Å². The van der Waals surface area contributed by atoms with Crippen LogP contribution in [0.25, 0.3) is 0 Å². The van der Waals surface area contributed by atoms with Crippen LogP contribution in [0.15, 0.2) is 0 Å². The molecule has 1 saturated heterocycles. The molecular weight excluding hydrogens is 139 g/mol. The van der Waals surface area contributed by atoms with Gasteiger partial charge in [-0.25, -0.2) is 9.18 Å². The number of esters is 1. The van der Waals surface area contributed by atoms with Crippen molar-refractivity contribution in [3.63, 3.8) is 0 Å². The molecule has 0 amide bonds. The molecule has 1 atom stereocenters. The molecule has 0 N–H and O–H groups in total. The van der Waals surface area contributed by atoms with Gasteiger partial charge in [-0.05, 0) is 6.92 Å². The number of hydrogen-bond donors (Lipinski definition) is 0. The molecular formula is C6H7FO3. The van der Waals surface area contributed by atoms with Crippen molar-refractivity contribution in [2.75, 3.05) is 6.61 Å². The van der Waals surface area contributed by atoms with Crippen molar-refractivity contribution in [3.05, 3.63) is 0 Å². The van der Waals surface area contributed by atoms with Crippen molar-refractivity contribution in [3.8, 4) is 0 Å². The SMILES string of the molecule is CC(=O)[C@]1(F)CCOC1=O. The summed E-state index contributed by atoms with van der Waals surface area (Å²) in [5, 5.41) is 0. The Labute approximate surface area is 57.2 Å². The van der Waals surface area contributed by atoms with Crippen LogP contribution in [0.3, 0.4) is 0 Å². The van der Waals surface area contributed by atoms with Gasteiger partial charge in [-0.1, -0.05) is 0 Å². The molecule has 56 valence electrons. The second-order valence-electron chi connectivity index (χ2n) is 2.24. The van der Waals surface area contributed by atoms with E-state index in [0.717, 1.165) is 6.92 Å². The van der Waals surface area contributed by atoms with Gasteiger partial charge in [0.2, 0.25) is 0 Å². The highest BCUT2D eigenvalue weighted by molar-refractivity contribution is 6.06. The Morgan fingerprint density at radius 3 is 2.60 bits per heavy atom. The Bertz CT molecular complexity index is 189. The lowest BCUT2D eigenvalue weighted by atomic mass is 10.0. The minimum atomic E-state index is -2.35. The van der Waals surface area contributed by atoms with E-state index in [1.165, 1.54) is 0 Å². The van der Waals surface area contributed by atoms with Crippen molar-refractivity contribution in [2.24, 2.45) is 0 Å². The largest absolute Gasteiger partial charge is 0.463 e. The molecule has 1 heterocycles. The Hall–Kier alpha value is -0.930. The van der Waals surface area contributed by atoms with Crippen LogP contribution in [0.5, 0.6) is 0 Å². The van der Waals surface area contributed by atoms with Gasteiger partial charge in [0.15, 0.2) is 5.78 Å². The normalized spacial score (nSPS) is 32.0. The molecule has 1 aliphatic heterocycles. The standard InChI is InChI=1S/C6H7FO3/c1-4(8)6(7)2-3-10-5(6)9/h2-3H2,1H3/t6-/m1/s1. The third-order valence-electron chi connectivity index (χ3n) is 1.56. The van der Waals surface area contributed by atoms with Gasteiger partial charge in [0.25, 0.3) is 5.67 Å². The van der Waals surface area contributed by atoms with E-state index in [2.05, 4.69) is 4.74 Å². The summed E-state index contributed by atoms with van der Waals surface area (Å²) in [5.41, 5.74) is -2.35. The summed E-state index contributed by atoms with van der Waals surface area (Å²) in [4.78, 5) is 21.0. The van der Waals surface area contributed by atoms with Gasteiger partial charge in [-0.3, -0.25) is 4.79 Å². The Morgan fingerprint density at radius 1 is 1.80 bits per heavy atom. The molecule has 3 nitrogen and oxygen atoms in total.